The summed E-state index contributed by atoms with van der Waals surface area (Å²) >= 11 is 11.3. The van der Waals surface area contributed by atoms with Gasteiger partial charge in [-0.15, -0.1) is 0 Å². The summed E-state index contributed by atoms with van der Waals surface area (Å²) in [5.41, 5.74) is -0.919. The van der Waals surface area contributed by atoms with Crippen molar-refractivity contribution in [1.29, 1.82) is 0 Å². The molecule has 11 nitrogen and oxygen atoms in total. The molecule has 0 saturated heterocycles. The van der Waals surface area contributed by atoms with E-state index in [0.29, 0.717) is 5.69 Å². The van der Waals surface area contributed by atoms with Crippen molar-refractivity contribution in [2.75, 3.05) is 5.32 Å². The van der Waals surface area contributed by atoms with Crippen molar-refractivity contribution < 1.29 is 19.4 Å². The third-order valence-corrected chi connectivity index (χ3v) is 5.76. The molecule has 2 aromatic carbocycles. The summed E-state index contributed by atoms with van der Waals surface area (Å²) in [7, 11) is 0. The summed E-state index contributed by atoms with van der Waals surface area (Å²) in [5.74, 6) is -1.20. The molecule has 3 N–H and O–H groups in total. The minimum atomic E-state index is -0.881. The van der Waals surface area contributed by atoms with E-state index in [1.807, 2.05) is 0 Å². The molecular formula is C21H20ClN5O6S. The van der Waals surface area contributed by atoms with Gasteiger partial charge < -0.3 is 10.6 Å². The molecule has 1 aliphatic rings. The number of hydrogen-bond donors (Lipinski definition) is 3. The lowest BCUT2D eigenvalue weighted by molar-refractivity contribution is -0.394. The third-order valence-electron chi connectivity index (χ3n) is 5.22. The molecule has 0 aliphatic heterocycles. The molecule has 0 bridgehead atoms. The average Bonchev–Trinajstić information content (AvgIpc) is 2.80. The van der Waals surface area contributed by atoms with Crippen LogP contribution in [0, 0.1) is 20.2 Å². The van der Waals surface area contributed by atoms with Crippen LogP contribution in [0.2, 0.25) is 5.02 Å². The molecule has 0 spiro atoms. The highest BCUT2D eigenvalue weighted by atomic mass is 35.5. The van der Waals surface area contributed by atoms with Crippen LogP contribution in [-0.2, 0) is 0 Å². The second-order valence-corrected chi connectivity index (χ2v) is 8.48. The van der Waals surface area contributed by atoms with Crippen LogP contribution in [-0.4, -0.2) is 32.8 Å². The number of non-ortho nitro benzene ring substituents is 2. The Bertz CT molecular complexity index is 1140. The largest absolute Gasteiger partial charge is 0.349 e. The van der Waals surface area contributed by atoms with E-state index in [2.05, 4.69) is 16.0 Å². The minimum absolute atomic E-state index is 0.0910. The van der Waals surface area contributed by atoms with E-state index in [0.717, 1.165) is 50.3 Å². The lowest BCUT2D eigenvalue weighted by Gasteiger charge is -2.23. The first-order valence-corrected chi connectivity index (χ1v) is 11.1. The van der Waals surface area contributed by atoms with Gasteiger partial charge in [-0.2, -0.15) is 0 Å². The summed E-state index contributed by atoms with van der Waals surface area (Å²) in [5, 5.41) is 30.1. The van der Waals surface area contributed by atoms with Gasteiger partial charge in [0.05, 0.1) is 32.1 Å². The predicted octanol–water partition coefficient (Wildman–Crippen LogP) is 4.35. The maximum Gasteiger partial charge on any atom is 0.277 e. The zero-order chi connectivity index (χ0) is 24.8. The molecule has 0 unspecified atom stereocenters. The Kier molecular flexibility index (Phi) is 8.08. The number of rotatable bonds is 6. The van der Waals surface area contributed by atoms with E-state index in [1.54, 1.807) is 6.07 Å². The first-order chi connectivity index (χ1) is 16.1. The Balaban J connectivity index is 1.69. The molecule has 1 saturated carbocycles. The maximum absolute atomic E-state index is 12.7. The average molecular weight is 506 g/mol. The second-order valence-electron chi connectivity index (χ2n) is 7.66. The van der Waals surface area contributed by atoms with Crippen LogP contribution in [0.1, 0.15) is 52.8 Å². The van der Waals surface area contributed by atoms with Gasteiger partial charge in [-0.3, -0.25) is 35.1 Å². The smallest absolute Gasteiger partial charge is 0.277 e. The zero-order valence-electron chi connectivity index (χ0n) is 17.7. The molecule has 2 aromatic rings. The van der Waals surface area contributed by atoms with Crippen molar-refractivity contribution in [3.8, 4) is 0 Å². The fourth-order valence-corrected chi connectivity index (χ4v) is 3.98. The molecule has 0 aromatic heterocycles. The summed E-state index contributed by atoms with van der Waals surface area (Å²) in [4.78, 5) is 45.5. The number of amides is 2. The fourth-order valence-electron chi connectivity index (χ4n) is 3.56. The number of thiocarbonyl (C=S) groups is 1. The summed E-state index contributed by atoms with van der Waals surface area (Å²) in [6, 6.07) is 7.19. The number of halogens is 1. The molecule has 0 atom stereocenters. The van der Waals surface area contributed by atoms with Crippen molar-refractivity contribution in [2.24, 2.45) is 0 Å². The van der Waals surface area contributed by atoms with Gasteiger partial charge in [-0.25, -0.2) is 0 Å². The zero-order valence-corrected chi connectivity index (χ0v) is 19.3. The Morgan fingerprint density at radius 1 is 0.941 bits per heavy atom. The van der Waals surface area contributed by atoms with E-state index in [9.17, 15) is 29.8 Å². The van der Waals surface area contributed by atoms with Gasteiger partial charge in [0.2, 0.25) is 0 Å². The number of anilines is 1. The van der Waals surface area contributed by atoms with Crippen LogP contribution in [0.5, 0.6) is 0 Å². The van der Waals surface area contributed by atoms with Crippen molar-refractivity contribution >= 4 is 57.8 Å². The molecule has 178 valence electrons. The van der Waals surface area contributed by atoms with Crippen LogP contribution in [0.3, 0.4) is 0 Å². The molecule has 13 heteroatoms. The number of nitro groups is 2. The Morgan fingerprint density at radius 3 is 2.15 bits per heavy atom. The first-order valence-electron chi connectivity index (χ1n) is 10.3. The molecular weight excluding hydrogens is 486 g/mol. The van der Waals surface area contributed by atoms with Crippen molar-refractivity contribution in [1.82, 2.24) is 10.6 Å². The van der Waals surface area contributed by atoms with Gasteiger partial charge in [0, 0.05) is 23.9 Å². The SMILES string of the molecule is O=C(NC(=S)Nc1ccc(Cl)c(C(=O)NC2CCCCC2)c1)c1cc([N+](=O)[O-])cc([N+](=O)[O-])c1. The molecule has 1 fully saturated rings. The van der Waals surface area contributed by atoms with Crippen molar-refractivity contribution in [3.63, 3.8) is 0 Å². The van der Waals surface area contributed by atoms with Crippen molar-refractivity contribution in [2.45, 2.75) is 38.1 Å². The number of carbonyl (C=O) groups excluding carboxylic acids is 2. The summed E-state index contributed by atoms with van der Waals surface area (Å²) < 4.78 is 0. The molecule has 34 heavy (non-hydrogen) atoms. The molecule has 3 rings (SSSR count). The number of hydrogen-bond acceptors (Lipinski definition) is 7. The number of nitrogens with one attached hydrogen (secondary N) is 3. The number of benzene rings is 2. The van der Waals surface area contributed by atoms with E-state index < -0.39 is 27.1 Å². The topological polar surface area (TPSA) is 157 Å². The maximum atomic E-state index is 12.7. The van der Waals surface area contributed by atoms with E-state index >= 15 is 0 Å². The lowest BCUT2D eigenvalue weighted by Crippen LogP contribution is -2.36. The number of carbonyl (C=O) groups is 2. The molecule has 2 amide bonds. The number of nitro benzene ring substituents is 2. The number of nitrogens with zero attached hydrogens (tertiary/aromatic N) is 2. The second kappa shape index (κ2) is 11.0. The Hall–Kier alpha value is -3.64. The highest BCUT2D eigenvalue weighted by Crippen LogP contribution is 2.24. The van der Waals surface area contributed by atoms with Crippen LogP contribution in [0.25, 0.3) is 0 Å². The molecule has 1 aliphatic carbocycles. The van der Waals surface area contributed by atoms with Crippen LogP contribution >= 0.6 is 23.8 Å². The van der Waals surface area contributed by atoms with Gasteiger partial charge in [-0.05, 0) is 43.3 Å². The van der Waals surface area contributed by atoms with Crippen LogP contribution in [0.15, 0.2) is 36.4 Å². The van der Waals surface area contributed by atoms with Crippen molar-refractivity contribution in [3.05, 3.63) is 72.8 Å². The lowest BCUT2D eigenvalue weighted by atomic mass is 9.95. The quantitative estimate of drug-likeness (QED) is 0.297. The predicted molar refractivity (Wildman–Crippen MR) is 129 cm³/mol. The van der Waals surface area contributed by atoms with Gasteiger partial charge >= 0.3 is 0 Å². The van der Waals surface area contributed by atoms with Gasteiger partial charge in [-0.1, -0.05) is 30.9 Å². The van der Waals surface area contributed by atoms with Crippen LogP contribution < -0.4 is 16.0 Å². The Labute approximate surface area is 204 Å². The highest BCUT2D eigenvalue weighted by molar-refractivity contribution is 7.80. The monoisotopic (exact) mass is 505 g/mol. The molecule has 0 radical (unpaired) electrons. The summed E-state index contributed by atoms with van der Waals surface area (Å²) in [6.07, 6.45) is 5.09. The van der Waals surface area contributed by atoms with Gasteiger partial charge in [0.1, 0.15) is 0 Å². The fraction of sp³-hybridized carbons (Fsp3) is 0.286. The standard InChI is InChI=1S/C21H20ClN5O6S/c22-18-7-6-14(10-17(18)20(29)23-13-4-2-1-3-5-13)24-21(34)25-19(28)12-8-15(26(30)31)11-16(9-12)27(32)33/h6-11,13H,1-5H2,(H,23,29)(H2,24,25,28,34). The van der Waals surface area contributed by atoms with E-state index in [1.165, 1.54) is 12.1 Å². The minimum Gasteiger partial charge on any atom is -0.349 e. The van der Waals surface area contributed by atoms with E-state index in [4.69, 9.17) is 23.8 Å². The third kappa shape index (κ3) is 6.45. The van der Waals surface area contributed by atoms with E-state index in [-0.39, 0.29) is 33.2 Å². The highest BCUT2D eigenvalue weighted by Gasteiger charge is 2.21. The van der Waals surface area contributed by atoms with Gasteiger partial charge in [0.15, 0.2) is 5.11 Å². The Morgan fingerprint density at radius 2 is 1.56 bits per heavy atom. The normalized spacial score (nSPS) is 13.6. The van der Waals surface area contributed by atoms with Gasteiger partial charge in [0.25, 0.3) is 23.2 Å². The van der Waals surface area contributed by atoms with Crippen LogP contribution in [0.4, 0.5) is 17.1 Å². The molecule has 0 heterocycles. The first kappa shape index (κ1) is 25.0. The summed E-state index contributed by atoms with van der Waals surface area (Å²) in [6.45, 7) is 0.